The maximum absolute atomic E-state index is 4.40. The first-order valence-corrected chi connectivity index (χ1v) is 7.44. The molecule has 96 valence electrons. The van der Waals surface area contributed by atoms with Gasteiger partial charge in [-0.3, -0.25) is 9.58 Å². The molecule has 18 heavy (non-hydrogen) atoms. The van der Waals surface area contributed by atoms with Crippen molar-refractivity contribution in [1.82, 2.24) is 19.7 Å². The van der Waals surface area contributed by atoms with E-state index in [4.69, 9.17) is 0 Å². The topological polar surface area (TPSA) is 34.0 Å². The maximum Gasteiger partial charge on any atom is 0.0795 e. The lowest BCUT2D eigenvalue weighted by atomic mass is 10.0. The highest BCUT2D eigenvalue weighted by Crippen LogP contribution is 2.20. The van der Waals surface area contributed by atoms with Crippen molar-refractivity contribution in [2.45, 2.75) is 38.4 Å². The second-order valence-corrected chi connectivity index (χ2v) is 5.55. The molecule has 2 aromatic rings. The van der Waals surface area contributed by atoms with E-state index in [2.05, 4.69) is 26.6 Å². The zero-order valence-electron chi connectivity index (χ0n) is 10.4. The Morgan fingerprint density at radius 1 is 1.39 bits per heavy atom. The van der Waals surface area contributed by atoms with Crippen molar-refractivity contribution in [1.29, 1.82) is 0 Å². The Kier molecular flexibility index (Phi) is 3.71. The van der Waals surface area contributed by atoms with Crippen LogP contribution in [-0.4, -0.2) is 32.3 Å². The van der Waals surface area contributed by atoms with E-state index in [0.29, 0.717) is 6.04 Å². The van der Waals surface area contributed by atoms with Crippen LogP contribution >= 0.6 is 11.3 Å². The van der Waals surface area contributed by atoms with Crippen LogP contribution in [0, 0.1) is 0 Å². The van der Waals surface area contributed by atoms with Crippen LogP contribution in [0.15, 0.2) is 29.4 Å². The number of likely N-dealkylation sites (tertiary alicyclic amines) is 1. The fourth-order valence-corrected chi connectivity index (χ4v) is 3.17. The van der Waals surface area contributed by atoms with Gasteiger partial charge in [0.2, 0.25) is 0 Å². The molecule has 1 saturated heterocycles. The van der Waals surface area contributed by atoms with Gasteiger partial charge in [-0.1, -0.05) is 6.42 Å². The predicted octanol–water partition coefficient (Wildman–Crippen LogP) is 2.39. The molecule has 5 heteroatoms. The van der Waals surface area contributed by atoms with Gasteiger partial charge in [-0.25, -0.2) is 4.98 Å². The molecule has 1 aliphatic rings. The van der Waals surface area contributed by atoms with Crippen molar-refractivity contribution in [2.24, 2.45) is 0 Å². The minimum Gasteiger partial charge on any atom is -0.293 e. The SMILES string of the molecule is c1cnn(C[C@@H]2CCCCN2Cc2cscn2)c1. The van der Waals surface area contributed by atoms with Gasteiger partial charge in [0.05, 0.1) is 17.7 Å². The van der Waals surface area contributed by atoms with Gasteiger partial charge in [0.15, 0.2) is 0 Å². The molecule has 1 fully saturated rings. The van der Waals surface area contributed by atoms with Gasteiger partial charge in [-0.15, -0.1) is 11.3 Å². The minimum atomic E-state index is 0.598. The van der Waals surface area contributed by atoms with E-state index in [-0.39, 0.29) is 0 Å². The van der Waals surface area contributed by atoms with Gasteiger partial charge in [-0.05, 0) is 25.5 Å². The quantitative estimate of drug-likeness (QED) is 0.848. The summed E-state index contributed by atoms with van der Waals surface area (Å²) in [6, 6.07) is 2.59. The van der Waals surface area contributed by atoms with Crippen molar-refractivity contribution < 1.29 is 0 Å². The van der Waals surface area contributed by atoms with Gasteiger partial charge in [0.25, 0.3) is 0 Å². The summed E-state index contributed by atoms with van der Waals surface area (Å²) >= 11 is 1.68. The summed E-state index contributed by atoms with van der Waals surface area (Å²) in [4.78, 5) is 6.95. The number of aromatic nitrogens is 3. The molecule has 2 aromatic heterocycles. The Hall–Kier alpha value is -1.20. The van der Waals surface area contributed by atoms with E-state index in [1.807, 2.05) is 22.5 Å². The molecule has 3 heterocycles. The minimum absolute atomic E-state index is 0.598. The van der Waals surface area contributed by atoms with Gasteiger partial charge < -0.3 is 0 Å². The predicted molar refractivity (Wildman–Crippen MR) is 72.4 cm³/mol. The molecule has 0 spiro atoms. The highest BCUT2D eigenvalue weighted by molar-refractivity contribution is 7.07. The Labute approximate surface area is 111 Å². The number of piperidine rings is 1. The van der Waals surface area contributed by atoms with Crippen LogP contribution < -0.4 is 0 Å². The number of hydrogen-bond acceptors (Lipinski definition) is 4. The Balaban J connectivity index is 1.66. The summed E-state index contributed by atoms with van der Waals surface area (Å²) in [6.45, 7) is 3.16. The van der Waals surface area contributed by atoms with Crippen molar-refractivity contribution in [3.8, 4) is 0 Å². The highest BCUT2D eigenvalue weighted by atomic mass is 32.1. The molecule has 1 atom stereocenters. The van der Waals surface area contributed by atoms with Crippen LogP contribution in [0.2, 0.25) is 0 Å². The summed E-state index contributed by atoms with van der Waals surface area (Å²) < 4.78 is 2.05. The molecule has 0 amide bonds. The molecular weight excluding hydrogens is 244 g/mol. The Bertz CT molecular complexity index is 407. The van der Waals surface area contributed by atoms with E-state index in [9.17, 15) is 0 Å². The van der Waals surface area contributed by atoms with Gasteiger partial charge in [0.1, 0.15) is 0 Å². The van der Waals surface area contributed by atoms with Crippen LogP contribution in [0.25, 0.3) is 0 Å². The summed E-state index contributed by atoms with van der Waals surface area (Å²) in [5, 5.41) is 6.47. The Morgan fingerprint density at radius 3 is 3.17 bits per heavy atom. The van der Waals surface area contributed by atoms with Crippen molar-refractivity contribution in [2.75, 3.05) is 6.54 Å². The fraction of sp³-hybridized carbons (Fsp3) is 0.538. The van der Waals surface area contributed by atoms with Gasteiger partial charge >= 0.3 is 0 Å². The molecule has 0 radical (unpaired) electrons. The number of nitrogens with zero attached hydrogens (tertiary/aromatic N) is 4. The molecule has 4 nitrogen and oxygen atoms in total. The molecule has 0 bridgehead atoms. The molecule has 3 rings (SSSR count). The van der Waals surface area contributed by atoms with Crippen molar-refractivity contribution in [3.05, 3.63) is 35.0 Å². The number of rotatable bonds is 4. The van der Waals surface area contributed by atoms with Crippen LogP contribution in [0.3, 0.4) is 0 Å². The number of thiazole rings is 1. The molecule has 0 saturated carbocycles. The molecular formula is C13H18N4S. The third kappa shape index (κ3) is 2.79. The average molecular weight is 262 g/mol. The molecule has 0 aliphatic carbocycles. The summed E-state index contributed by atoms with van der Waals surface area (Å²) in [7, 11) is 0. The van der Waals surface area contributed by atoms with Gasteiger partial charge in [-0.2, -0.15) is 5.10 Å². The third-order valence-electron chi connectivity index (χ3n) is 3.55. The largest absolute Gasteiger partial charge is 0.293 e. The smallest absolute Gasteiger partial charge is 0.0795 e. The molecule has 0 unspecified atom stereocenters. The van der Waals surface area contributed by atoms with Crippen LogP contribution in [0.4, 0.5) is 0 Å². The lowest BCUT2D eigenvalue weighted by Gasteiger charge is -2.35. The number of hydrogen-bond donors (Lipinski definition) is 0. The maximum atomic E-state index is 4.40. The lowest BCUT2D eigenvalue weighted by Crippen LogP contribution is -2.41. The van der Waals surface area contributed by atoms with Crippen LogP contribution in [-0.2, 0) is 13.1 Å². The first-order valence-electron chi connectivity index (χ1n) is 6.50. The second-order valence-electron chi connectivity index (χ2n) is 4.83. The van der Waals surface area contributed by atoms with E-state index in [1.54, 1.807) is 11.3 Å². The van der Waals surface area contributed by atoms with Crippen LogP contribution in [0.1, 0.15) is 25.0 Å². The van der Waals surface area contributed by atoms with E-state index < -0.39 is 0 Å². The molecule has 0 aromatic carbocycles. The van der Waals surface area contributed by atoms with E-state index in [0.717, 1.165) is 13.1 Å². The standard InChI is InChI=1S/C13H18N4S/c1-2-6-16(8-12-10-18-11-14-12)13(4-1)9-17-7-3-5-15-17/h3,5,7,10-11,13H,1-2,4,6,8-9H2/t13-/m0/s1. The van der Waals surface area contributed by atoms with Gasteiger partial charge in [0, 0.05) is 30.4 Å². The first-order chi connectivity index (χ1) is 8.92. The Morgan fingerprint density at radius 2 is 2.39 bits per heavy atom. The zero-order valence-corrected chi connectivity index (χ0v) is 11.2. The van der Waals surface area contributed by atoms with E-state index >= 15 is 0 Å². The third-order valence-corrected chi connectivity index (χ3v) is 4.19. The normalized spacial score (nSPS) is 21.2. The molecule has 0 N–H and O–H groups in total. The summed E-state index contributed by atoms with van der Waals surface area (Å²) in [6.07, 6.45) is 7.81. The second kappa shape index (κ2) is 5.63. The zero-order chi connectivity index (χ0) is 12.2. The monoisotopic (exact) mass is 262 g/mol. The lowest BCUT2D eigenvalue weighted by molar-refractivity contribution is 0.120. The summed E-state index contributed by atoms with van der Waals surface area (Å²) in [5.74, 6) is 0. The van der Waals surface area contributed by atoms with Crippen molar-refractivity contribution >= 4 is 11.3 Å². The first kappa shape index (κ1) is 11.9. The average Bonchev–Trinajstić information content (AvgIpc) is 3.05. The van der Waals surface area contributed by atoms with Crippen LogP contribution in [0.5, 0.6) is 0 Å². The summed E-state index contributed by atoms with van der Waals surface area (Å²) in [5.41, 5.74) is 3.12. The van der Waals surface area contributed by atoms with E-state index in [1.165, 1.54) is 31.5 Å². The molecule has 1 aliphatic heterocycles. The van der Waals surface area contributed by atoms with Crippen molar-refractivity contribution in [3.63, 3.8) is 0 Å². The highest BCUT2D eigenvalue weighted by Gasteiger charge is 2.23. The fourth-order valence-electron chi connectivity index (χ4n) is 2.62.